The van der Waals surface area contributed by atoms with Crippen LogP contribution in [0.15, 0.2) is 35.2 Å². The molecule has 0 unspecified atom stereocenters. The van der Waals surface area contributed by atoms with E-state index < -0.39 is 0 Å². The second-order valence-electron chi connectivity index (χ2n) is 5.35. The fourth-order valence-corrected chi connectivity index (χ4v) is 3.33. The first-order chi connectivity index (χ1) is 10.6. The van der Waals surface area contributed by atoms with Gasteiger partial charge in [0.1, 0.15) is 0 Å². The number of carbonyl (C=O) groups excluding carboxylic acids is 2. The molecule has 2 rings (SSSR count). The number of hydrogen-bond donors (Lipinski definition) is 0. The van der Waals surface area contributed by atoms with Crippen LogP contribution in [0.1, 0.15) is 25.8 Å². The van der Waals surface area contributed by atoms with Crippen molar-refractivity contribution in [3.8, 4) is 0 Å². The van der Waals surface area contributed by atoms with Crippen molar-refractivity contribution in [1.29, 1.82) is 0 Å². The highest BCUT2D eigenvalue weighted by molar-refractivity contribution is 8.04. The lowest BCUT2D eigenvalue weighted by molar-refractivity contribution is -0.136. The summed E-state index contributed by atoms with van der Waals surface area (Å²) in [4.78, 5) is 27.2. The molecule has 1 heterocycles. The highest BCUT2D eigenvalue weighted by atomic mass is 32.2. The Morgan fingerprint density at radius 3 is 2.41 bits per heavy atom. The lowest BCUT2D eigenvalue weighted by atomic mass is 10.1. The van der Waals surface area contributed by atoms with Crippen molar-refractivity contribution in [3.63, 3.8) is 0 Å². The Bertz CT molecular complexity index is 581. The van der Waals surface area contributed by atoms with Crippen molar-refractivity contribution in [1.82, 2.24) is 4.90 Å². The Labute approximate surface area is 135 Å². The summed E-state index contributed by atoms with van der Waals surface area (Å²) in [5, 5.41) is 0.240. The van der Waals surface area contributed by atoms with Crippen LogP contribution in [0.5, 0.6) is 0 Å². The molecule has 0 aromatic heterocycles. The molecule has 0 bridgehead atoms. The minimum absolute atomic E-state index is 0.182. The average molecular weight is 319 g/mol. The standard InChI is InChI=1S/C17H21NO3S/c1-12(2)22-15-14(13-8-5-4-6-9-13)16(19)18(17(15)20)10-7-11-21-3/h4-6,8-9,12H,7,10-11H2,1-3H3. The van der Waals surface area contributed by atoms with E-state index in [-0.39, 0.29) is 17.1 Å². The normalized spacial score (nSPS) is 15.4. The molecule has 5 heteroatoms. The van der Waals surface area contributed by atoms with Gasteiger partial charge in [-0.2, -0.15) is 0 Å². The third-order valence-corrected chi connectivity index (χ3v) is 4.36. The number of hydrogen-bond acceptors (Lipinski definition) is 4. The van der Waals surface area contributed by atoms with Crippen molar-refractivity contribution in [2.75, 3.05) is 20.3 Å². The Kier molecular flexibility index (Phi) is 5.80. The molecule has 22 heavy (non-hydrogen) atoms. The minimum atomic E-state index is -0.199. The lowest BCUT2D eigenvalue weighted by Gasteiger charge is -2.14. The number of carbonyl (C=O) groups is 2. The molecule has 1 aliphatic rings. The van der Waals surface area contributed by atoms with Gasteiger partial charge >= 0.3 is 0 Å². The van der Waals surface area contributed by atoms with Gasteiger partial charge in [0, 0.05) is 25.5 Å². The van der Waals surface area contributed by atoms with Crippen molar-refractivity contribution < 1.29 is 14.3 Å². The first-order valence-electron chi connectivity index (χ1n) is 7.37. The summed E-state index contributed by atoms with van der Waals surface area (Å²) in [5.74, 6) is -0.380. The van der Waals surface area contributed by atoms with E-state index in [2.05, 4.69) is 0 Å². The number of imide groups is 1. The molecule has 0 saturated carbocycles. The summed E-state index contributed by atoms with van der Waals surface area (Å²) in [5.41, 5.74) is 1.33. The fraction of sp³-hybridized carbons (Fsp3) is 0.412. The molecular weight excluding hydrogens is 298 g/mol. The topological polar surface area (TPSA) is 46.6 Å². The molecule has 0 spiro atoms. The average Bonchev–Trinajstić information content (AvgIpc) is 2.72. The summed E-state index contributed by atoms with van der Waals surface area (Å²) >= 11 is 1.46. The van der Waals surface area contributed by atoms with Crippen LogP contribution in [0.3, 0.4) is 0 Å². The number of amides is 2. The molecule has 1 aromatic rings. The van der Waals surface area contributed by atoms with E-state index in [1.165, 1.54) is 16.7 Å². The molecule has 1 aromatic carbocycles. The first kappa shape index (κ1) is 16.8. The van der Waals surface area contributed by atoms with E-state index in [0.717, 1.165) is 5.56 Å². The molecule has 4 nitrogen and oxygen atoms in total. The zero-order chi connectivity index (χ0) is 16.1. The fourth-order valence-electron chi connectivity index (χ4n) is 2.33. The van der Waals surface area contributed by atoms with Gasteiger partial charge in [0.15, 0.2) is 0 Å². The van der Waals surface area contributed by atoms with Gasteiger partial charge in [0.25, 0.3) is 11.8 Å². The molecule has 0 fully saturated rings. The highest BCUT2D eigenvalue weighted by Crippen LogP contribution is 2.37. The van der Waals surface area contributed by atoms with Crippen LogP contribution < -0.4 is 0 Å². The van der Waals surface area contributed by atoms with Crippen LogP contribution >= 0.6 is 11.8 Å². The van der Waals surface area contributed by atoms with E-state index in [0.29, 0.717) is 30.1 Å². The second kappa shape index (κ2) is 7.61. The second-order valence-corrected chi connectivity index (χ2v) is 6.93. The van der Waals surface area contributed by atoms with Crippen molar-refractivity contribution in [2.45, 2.75) is 25.5 Å². The number of methoxy groups -OCH3 is 1. The minimum Gasteiger partial charge on any atom is -0.385 e. The van der Waals surface area contributed by atoms with Crippen molar-refractivity contribution in [2.24, 2.45) is 0 Å². The van der Waals surface area contributed by atoms with Gasteiger partial charge in [0.05, 0.1) is 10.5 Å². The zero-order valence-electron chi connectivity index (χ0n) is 13.2. The predicted octanol–water partition coefficient (Wildman–Crippen LogP) is 2.94. The molecule has 0 N–H and O–H groups in total. The van der Waals surface area contributed by atoms with Crippen LogP contribution in [-0.2, 0) is 14.3 Å². The Balaban J connectivity index is 2.33. The smallest absolute Gasteiger partial charge is 0.267 e. The number of thioether (sulfide) groups is 1. The molecule has 0 saturated heterocycles. The number of ether oxygens (including phenoxy) is 1. The zero-order valence-corrected chi connectivity index (χ0v) is 14.0. The molecule has 2 amide bonds. The maximum Gasteiger partial charge on any atom is 0.267 e. The molecular formula is C17H21NO3S. The van der Waals surface area contributed by atoms with Crippen LogP contribution in [0.2, 0.25) is 0 Å². The summed E-state index contributed by atoms with van der Waals surface area (Å²) in [6.45, 7) is 4.96. The maximum absolute atomic E-state index is 12.7. The van der Waals surface area contributed by atoms with Crippen molar-refractivity contribution in [3.05, 3.63) is 40.8 Å². The largest absolute Gasteiger partial charge is 0.385 e. The third-order valence-electron chi connectivity index (χ3n) is 3.27. The maximum atomic E-state index is 12.7. The number of benzene rings is 1. The first-order valence-corrected chi connectivity index (χ1v) is 8.25. The number of rotatable bonds is 7. The highest BCUT2D eigenvalue weighted by Gasteiger charge is 2.38. The van der Waals surface area contributed by atoms with Gasteiger partial charge in [-0.15, -0.1) is 11.8 Å². The Morgan fingerprint density at radius 1 is 1.14 bits per heavy atom. The van der Waals surface area contributed by atoms with E-state index in [9.17, 15) is 9.59 Å². The lowest BCUT2D eigenvalue weighted by Crippen LogP contribution is -2.33. The van der Waals surface area contributed by atoms with Crippen LogP contribution in [0.25, 0.3) is 5.57 Å². The SMILES string of the molecule is COCCCN1C(=O)C(SC(C)C)=C(c2ccccc2)C1=O. The summed E-state index contributed by atoms with van der Waals surface area (Å²) in [6, 6.07) is 9.41. The third kappa shape index (κ3) is 3.59. The van der Waals surface area contributed by atoms with Crippen LogP contribution in [0, 0.1) is 0 Å². The van der Waals surface area contributed by atoms with Gasteiger partial charge < -0.3 is 4.74 Å². The van der Waals surface area contributed by atoms with Crippen LogP contribution in [0.4, 0.5) is 0 Å². The van der Waals surface area contributed by atoms with Gasteiger partial charge in [-0.3, -0.25) is 14.5 Å². The monoisotopic (exact) mass is 319 g/mol. The summed E-state index contributed by atoms with van der Waals surface area (Å²) < 4.78 is 5.01. The van der Waals surface area contributed by atoms with E-state index >= 15 is 0 Å². The van der Waals surface area contributed by atoms with Crippen LogP contribution in [-0.4, -0.2) is 42.2 Å². The van der Waals surface area contributed by atoms with Crippen molar-refractivity contribution >= 4 is 29.1 Å². The predicted molar refractivity (Wildman–Crippen MR) is 89.3 cm³/mol. The quantitative estimate of drug-likeness (QED) is 0.573. The number of nitrogens with zero attached hydrogens (tertiary/aromatic N) is 1. The molecule has 0 aliphatic carbocycles. The van der Waals surface area contributed by atoms with E-state index in [1.807, 2.05) is 44.2 Å². The van der Waals surface area contributed by atoms with Gasteiger partial charge in [-0.05, 0) is 12.0 Å². The Hall–Kier alpha value is -1.59. The van der Waals surface area contributed by atoms with Gasteiger partial charge in [-0.25, -0.2) is 0 Å². The van der Waals surface area contributed by atoms with E-state index in [1.54, 1.807) is 7.11 Å². The van der Waals surface area contributed by atoms with Gasteiger partial charge in [-0.1, -0.05) is 44.2 Å². The molecule has 0 radical (unpaired) electrons. The van der Waals surface area contributed by atoms with Gasteiger partial charge in [0.2, 0.25) is 0 Å². The molecule has 1 aliphatic heterocycles. The molecule has 118 valence electrons. The van der Waals surface area contributed by atoms with E-state index in [4.69, 9.17) is 4.74 Å². The molecule has 0 atom stereocenters. The Morgan fingerprint density at radius 2 is 1.82 bits per heavy atom. The summed E-state index contributed by atoms with van der Waals surface area (Å²) in [6.07, 6.45) is 0.648. The summed E-state index contributed by atoms with van der Waals surface area (Å²) in [7, 11) is 1.61.